The summed E-state index contributed by atoms with van der Waals surface area (Å²) >= 11 is 6.08. The Balaban J connectivity index is 2.35. The minimum Gasteiger partial charge on any atom is -0.507 e. The first kappa shape index (κ1) is 19.5. The lowest BCUT2D eigenvalue weighted by Gasteiger charge is -2.18. The highest BCUT2D eigenvalue weighted by Crippen LogP contribution is 2.41. The highest BCUT2D eigenvalue weighted by molar-refractivity contribution is 6.30. The molecule has 0 aliphatic carbocycles. The third kappa shape index (κ3) is 3.70. The van der Waals surface area contributed by atoms with Gasteiger partial charge in [-0.05, 0) is 59.0 Å². The summed E-state index contributed by atoms with van der Waals surface area (Å²) in [5.41, 5.74) is 3.13. The summed E-state index contributed by atoms with van der Waals surface area (Å²) in [6.45, 7) is 1.68. The van der Waals surface area contributed by atoms with Crippen LogP contribution in [0.5, 0.6) is 5.75 Å². The van der Waals surface area contributed by atoms with Gasteiger partial charge in [-0.25, -0.2) is 4.79 Å². The van der Waals surface area contributed by atoms with Gasteiger partial charge in [0.25, 0.3) is 0 Å². The van der Waals surface area contributed by atoms with Gasteiger partial charge in [0.15, 0.2) is 0 Å². The molecule has 0 unspecified atom stereocenters. The van der Waals surface area contributed by atoms with Crippen molar-refractivity contribution in [2.24, 2.45) is 0 Å². The third-order valence-corrected chi connectivity index (χ3v) is 4.82. The molecule has 142 valence electrons. The van der Waals surface area contributed by atoms with Gasteiger partial charge in [0.1, 0.15) is 5.75 Å². The van der Waals surface area contributed by atoms with Crippen molar-refractivity contribution >= 4 is 23.5 Å². The van der Waals surface area contributed by atoms with Gasteiger partial charge in [-0.3, -0.25) is 4.79 Å². The van der Waals surface area contributed by atoms with Crippen molar-refractivity contribution in [1.82, 2.24) is 0 Å². The number of phenols is 1. The number of carboxylic acids is 2. The molecule has 0 aromatic heterocycles. The average molecular weight is 397 g/mol. The molecule has 5 nitrogen and oxygen atoms in total. The van der Waals surface area contributed by atoms with E-state index in [4.69, 9.17) is 11.6 Å². The number of carboxylic acid groups (broad SMARTS) is 2. The largest absolute Gasteiger partial charge is 0.507 e. The molecular weight excluding hydrogens is 380 g/mol. The molecule has 28 heavy (non-hydrogen) atoms. The second kappa shape index (κ2) is 7.74. The predicted molar refractivity (Wildman–Crippen MR) is 107 cm³/mol. The maximum atomic E-state index is 11.6. The smallest absolute Gasteiger partial charge is 0.335 e. The molecule has 0 amide bonds. The van der Waals surface area contributed by atoms with Crippen LogP contribution in [0.3, 0.4) is 0 Å². The molecule has 0 aliphatic heterocycles. The first-order valence-electron chi connectivity index (χ1n) is 8.45. The first-order chi connectivity index (χ1) is 13.3. The molecule has 0 aliphatic rings. The maximum Gasteiger partial charge on any atom is 0.335 e. The van der Waals surface area contributed by atoms with Gasteiger partial charge in [0, 0.05) is 10.6 Å². The van der Waals surface area contributed by atoms with Crippen molar-refractivity contribution in [3.05, 3.63) is 76.3 Å². The Morgan fingerprint density at radius 2 is 1.68 bits per heavy atom. The van der Waals surface area contributed by atoms with Crippen molar-refractivity contribution in [1.29, 1.82) is 0 Å². The summed E-state index contributed by atoms with van der Waals surface area (Å²) in [4.78, 5) is 23.1. The Bertz CT molecular complexity index is 1090. The van der Waals surface area contributed by atoms with E-state index < -0.39 is 11.9 Å². The third-order valence-electron chi connectivity index (χ3n) is 4.59. The van der Waals surface area contributed by atoms with Crippen LogP contribution in [0.2, 0.25) is 5.02 Å². The predicted octanol–water partition coefficient (Wildman–Crippen LogP) is 5.01. The fourth-order valence-corrected chi connectivity index (χ4v) is 3.54. The molecule has 3 rings (SSSR count). The van der Waals surface area contributed by atoms with Gasteiger partial charge < -0.3 is 15.3 Å². The van der Waals surface area contributed by atoms with Crippen LogP contribution in [-0.2, 0) is 11.2 Å². The van der Waals surface area contributed by atoms with E-state index in [2.05, 4.69) is 0 Å². The van der Waals surface area contributed by atoms with E-state index in [1.54, 1.807) is 49.4 Å². The minimum atomic E-state index is -1.07. The van der Waals surface area contributed by atoms with E-state index in [0.29, 0.717) is 38.4 Å². The molecule has 6 heteroatoms. The summed E-state index contributed by atoms with van der Waals surface area (Å²) < 4.78 is 0. The molecule has 0 saturated carbocycles. The van der Waals surface area contributed by atoms with Crippen LogP contribution in [0.1, 0.15) is 21.5 Å². The van der Waals surface area contributed by atoms with Crippen LogP contribution in [0, 0.1) is 6.92 Å². The number of aromatic carboxylic acids is 1. The molecule has 3 aromatic rings. The van der Waals surface area contributed by atoms with E-state index in [9.17, 15) is 24.9 Å². The van der Waals surface area contributed by atoms with Crippen LogP contribution in [0.4, 0.5) is 0 Å². The number of benzene rings is 3. The summed E-state index contributed by atoms with van der Waals surface area (Å²) in [5, 5.41) is 29.8. The quantitative estimate of drug-likeness (QED) is 0.563. The second-order valence-corrected chi connectivity index (χ2v) is 6.79. The number of carbonyl (C=O) groups is 2. The Labute approximate surface area is 166 Å². The molecule has 0 saturated heterocycles. The maximum absolute atomic E-state index is 11.6. The van der Waals surface area contributed by atoms with Crippen molar-refractivity contribution in [3.8, 4) is 28.0 Å². The monoisotopic (exact) mass is 396 g/mol. The SMILES string of the molecule is Cc1c(C(=O)O)cccc1-c1ccc(O)c(-c2cccc(Cl)c2)c1CC(=O)O. The highest BCUT2D eigenvalue weighted by Gasteiger charge is 2.21. The lowest BCUT2D eigenvalue weighted by Crippen LogP contribution is -2.06. The van der Waals surface area contributed by atoms with Crippen molar-refractivity contribution in [2.75, 3.05) is 0 Å². The summed E-state index contributed by atoms with van der Waals surface area (Å²) in [5.74, 6) is -2.20. The molecule has 3 aromatic carbocycles. The first-order valence-corrected chi connectivity index (χ1v) is 8.83. The molecule has 0 fully saturated rings. The zero-order chi connectivity index (χ0) is 20.4. The molecule has 0 radical (unpaired) electrons. The zero-order valence-electron chi connectivity index (χ0n) is 14.9. The van der Waals surface area contributed by atoms with E-state index in [0.717, 1.165) is 0 Å². The van der Waals surface area contributed by atoms with Crippen LogP contribution >= 0.6 is 11.6 Å². The summed E-state index contributed by atoms with van der Waals surface area (Å²) in [7, 11) is 0. The van der Waals surface area contributed by atoms with E-state index in [1.807, 2.05) is 0 Å². The van der Waals surface area contributed by atoms with Crippen molar-refractivity contribution < 1.29 is 24.9 Å². The van der Waals surface area contributed by atoms with Crippen molar-refractivity contribution in [3.63, 3.8) is 0 Å². The lowest BCUT2D eigenvalue weighted by atomic mass is 9.87. The van der Waals surface area contributed by atoms with Crippen LogP contribution in [-0.4, -0.2) is 27.3 Å². The molecule has 3 N–H and O–H groups in total. The van der Waals surface area contributed by atoms with E-state index in [-0.39, 0.29) is 17.7 Å². The number of phenolic OH excluding ortho intramolecular Hbond substituents is 1. The van der Waals surface area contributed by atoms with Crippen LogP contribution in [0.25, 0.3) is 22.3 Å². The Morgan fingerprint density at radius 1 is 0.964 bits per heavy atom. The molecular formula is C22H17ClO5. The topological polar surface area (TPSA) is 94.8 Å². The number of hydrogen-bond donors (Lipinski definition) is 3. The van der Waals surface area contributed by atoms with Gasteiger partial charge in [-0.2, -0.15) is 0 Å². The van der Waals surface area contributed by atoms with Crippen molar-refractivity contribution in [2.45, 2.75) is 13.3 Å². The number of aromatic hydroxyl groups is 1. The van der Waals surface area contributed by atoms with Gasteiger partial charge >= 0.3 is 11.9 Å². The van der Waals surface area contributed by atoms with E-state index >= 15 is 0 Å². The van der Waals surface area contributed by atoms with Crippen LogP contribution in [0.15, 0.2) is 54.6 Å². The lowest BCUT2D eigenvalue weighted by molar-refractivity contribution is -0.136. The molecule has 0 heterocycles. The summed E-state index contributed by atoms with van der Waals surface area (Å²) in [6, 6.07) is 14.7. The standard InChI is InChI=1S/C22H17ClO5/c1-12-15(6-3-7-16(12)22(27)28)17-8-9-19(24)21(18(17)11-20(25)26)13-4-2-5-14(23)10-13/h2-10,24H,11H2,1H3,(H,25,26)(H,27,28). The van der Waals surface area contributed by atoms with E-state index in [1.165, 1.54) is 12.1 Å². The molecule has 0 bridgehead atoms. The Kier molecular flexibility index (Phi) is 5.38. The Morgan fingerprint density at radius 3 is 2.32 bits per heavy atom. The van der Waals surface area contributed by atoms with Gasteiger partial charge in [0.05, 0.1) is 12.0 Å². The van der Waals surface area contributed by atoms with Crippen LogP contribution < -0.4 is 0 Å². The number of hydrogen-bond acceptors (Lipinski definition) is 3. The number of aliphatic carboxylic acids is 1. The zero-order valence-corrected chi connectivity index (χ0v) is 15.7. The molecule has 0 spiro atoms. The fraction of sp³-hybridized carbons (Fsp3) is 0.0909. The Hall–Kier alpha value is -3.31. The minimum absolute atomic E-state index is 0.0747. The molecule has 0 atom stereocenters. The highest BCUT2D eigenvalue weighted by atomic mass is 35.5. The number of halogens is 1. The summed E-state index contributed by atoms with van der Waals surface area (Å²) in [6.07, 6.45) is -0.345. The van der Waals surface area contributed by atoms with Gasteiger partial charge in [0.2, 0.25) is 0 Å². The van der Waals surface area contributed by atoms with Gasteiger partial charge in [-0.1, -0.05) is 41.9 Å². The normalized spacial score (nSPS) is 10.6. The second-order valence-electron chi connectivity index (χ2n) is 6.35. The number of rotatable bonds is 5. The van der Waals surface area contributed by atoms with Gasteiger partial charge in [-0.15, -0.1) is 0 Å². The average Bonchev–Trinajstić information content (AvgIpc) is 2.62. The fourth-order valence-electron chi connectivity index (χ4n) is 3.35.